The molecule has 0 saturated carbocycles. The predicted molar refractivity (Wildman–Crippen MR) is 84.2 cm³/mol. The van der Waals surface area contributed by atoms with Gasteiger partial charge in [-0.3, -0.25) is 4.68 Å². The Kier molecular flexibility index (Phi) is 4.06. The third-order valence-electron chi connectivity index (χ3n) is 3.72. The highest BCUT2D eigenvalue weighted by Crippen LogP contribution is 2.23. The molecule has 0 spiro atoms. The summed E-state index contributed by atoms with van der Waals surface area (Å²) < 4.78 is 7.72. The number of hydrogen-bond donors (Lipinski definition) is 1. The van der Waals surface area contributed by atoms with Crippen LogP contribution in [0.4, 0.5) is 0 Å². The van der Waals surface area contributed by atoms with Crippen LogP contribution < -0.4 is 5.32 Å². The lowest BCUT2D eigenvalue weighted by molar-refractivity contribution is 0.449. The number of nitrogens with zero attached hydrogens (tertiary/aromatic N) is 2. The lowest BCUT2D eigenvalue weighted by atomic mass is 10.2. The maximum Gasteiger partial charge on any atom is 0.134 e. The first-order valence-corrected chi connectivity index (χ1v) is 7.42. The molecule has 0 fully saturated rings. The summed E-state index contributed by atoms with van der Waals surface area (Å²) in [5, 5.41) is 8.86. The Morgan fingerprint density at radius 2 is 2.19 bits per heavy atom. The second-order valence-corrected chi connectivity index (χ2v) is 5.49. The summed E-state index contributed by atoms with van der Waals surface area (Å²) in [6.07, 6.45) is 6.15. The molecule has 0 amide bonds. The van der Waals surface area contributed by atoms with E-state index >= 15 is 0 Å². The van der Waals surface area contributed by atoms with Gasteiger partial charge in [-0.1, -0.05) is 18.2 Å². The van der Waals surface area contributed by atoms with Gasteiger partial charge in [-0.05, 0) is 44.0 Å². The normalized spacial score (nSPS) is 12.9. The second-order valence-electron chi connectivity index (χ2n) is 5.49. The van der Waals surface area contributed by atoms with Crippen molar-refractivity contribution in [2.75, 3.05) is 6.54 Å². The van der Waals surface area contributed by atoms with E-state index in [0.717, 1.165) is 36.1 Å². The summed E-state index contributed by atoms with van der Waals surface area (Å²) in [6.45, 7) is 3.11. The zero-order chi connectivity index (χ0) is 14.7. The minimum Gasteiger partial charge on any atom is -0.459 e. The Balaban J connectivity index is 1.50. The Morgan fingerprint density at radius 3 is 2.95 bits per heavy atom. The van der Waals surface area contributed by atoms with Gasteiger partial charge in [-0.15, -0.1) is 0 Å². The van der Waals surface area contributed by atoms with Crippen molar-refractivity contribution in [2.24, 2.45) is 7.05 Å². The third-order valence-corrected chi connectivity index (χ3v) is 3.72. The van der Waals surface area contributed by atoms with Gasteiger partial charge in [0.1, 0.15) is 11.3 Å². The summed E-state index contributed by atoms with van der Waals surface area (Å²) in [5.41, 5.74) is 2.24. The molecule has 0 aliphatic carbocycles. The van der Waals surface area contributed by atoms with Crippen LogP contribution in [0.5, 0.6) is 0 Å². The van der Waals surface area contributed by atoms with Gasteiger partial charge < -0.3 is 9.73 Å². The summed E-state index contributed by atoms with van der Waals surface area (Å²) in [6, 6.07) is 10.5. The number of furan rings is 1. The predicted octanol–water partition coefficient (Wildman–Crippen LogP) is 3.45. The van der Waals surface area contributed by atoms with Crippen LogP contribution in [0.15, 0.2) is 47.1 Å². The summed E-state index contributed by atoms with van der Waals surface area (Å²) >= 11 is 0. The number of fused-ring (bicyclic) bond motifs is 1. The molecule has 0 bridgehead atoms. The zero-order valence-corrected chi connectivity index (χ0v) is 12.5. The van der Waals surface area contributed by atoms with Crippen LogP contribution in [0, 0.1) is 0 Å². The Hall–Kier alpha value is -2.07. The van der Waals surface area contributed by atoms with Crippen LogP contribution in [0.25, 0.3) is 11.0 Å². The molecule has 0 aliphatic heterocycles. The zero-order valence-electron chi connectivity index (χ0n) is 12.5. The number of para-hydroxylation sites is 1. The second kappa shape index (κ2) is 6.14. The molecule has 110 valence electrons. The number of rotatable bonds is 6. The Bertz CT molecular complexity index is 680. The highest BCUT2D eigenvalue weighted by Gasteiger charge is 2.10. The van der Waals surface area contributed by atoms with E-state index in [1.807, 2.05) is 36.1 Å². The molecule has 3 aromatic rings. The molecule has 21 heavy (non-hydrogen) atoms. The first-order chi connectivity index (χ1) is 10.2. The number of aromatic nitrogens is 2. The van der Waals surface area contributed by atoms with Crippen molar-refractivity contribution in [3.63, 3.8) is 0 Å². The van der Waals surface area contributed by atoms with Gasteiger partial charge in [0.05, 0.1) is 12.2 Å². The largest absolute Gasteiger partial charge is 0.459 e. The number of nitrogens with one attached hydrogen (secondary N) is 1. The first-order valence-electron chi connectivity index (χ1n) is 7.42. The van der Waals surface area contributed by atoms with Crippen molar-refractivity contribution in [3.05, 3.63) is 54.0 Å². The summed E-state index contributed by atoms with van der Waals surface area (Å²) in [5.74, 6) is 0.998. The topological polar surface area (TPSA) is 43.0 Å². The maximum absolute atomic E-state index is 5.87. The molecule has 1 aromatic carbocycles. The van der Waals surface area contributed by atoms with Crippen LogP contribution in [0.1, 0.15) is 30.7 Å². The fourth-order valence-electron chi connectivity index (χ4n) is 2.53. The molecule has 2 aromatic heterocycles. The minimum atomic E-state index is 0.228. The van der Waals surface area contributed by atoms with Gasteiger partial charge in [0.15, 0.2) is 0 Å². The van der Waals surface area contributed by atoms with Crippen molar-refractivity contribution >= 4 is 11.0 Å². The molecule has 4 heteroatoms. The Morgan fingerprint density at radius 1 is 1.33 bits per heavy atom. The quantitative estimate of drug-likeness (QED) is 0.705. The van der Waals surface area contributed by atoms with Gasteiger partial charge in [0.25, 0.3) is 0 Å². The van der Waals surface area contributed by atoms with Gasteiger partial charge >= 0.3 is 0 Å². The summed E-state index contributed by atoms with van der Waals surface area (Å²) in [7, 11) is 1.95. The monoisotopic (exact) mass is 283 g/mol. The van der Waals surface area contributed by atoms with Crippen LogP contribution in [0.2, 0.25) is 0 Å². The molecule has 3 rings (SSSR count). The van der Waals surface area contributed by atoms with E-state index in [1.165, 1.54) is 5.56 Å². The molecule has 0 radical (unpaired) electrons. The first kappa shape index (κ1) is 13.9. The molecular weight excluding hydrogens is 262 g/mol. The average molecular weight is 283 g/mol. The third kappa shape index (κ3) is 3.34. The number of aryl methyl sites for hydroxylation is 2. The van der Waals surface area contributed by atoms with E-state index in [4.69, 9.17) is 4.42 Å². The van der Waals surface area contributed by atoms with E-state index in [1.54, 1.807) is 0 Å². The van der Waals surface area contributed by atoms with Crippen molar-refractivity contribution in [1.29, 1.82) is 0 Å². The molecule has 0 saturated heterocycles. The van der Waals surface area contributed by atoms with Crippen LogP contribution in [0.3, 0.4) is 0 Å². The van der Waals surface area contributed by atoms with E-state index in [2.05, 4.69) is 35.7 Å². The van der Waals surface area contributed by atoms with Gasteiger partial charge in [-0.2, -0.15) is 5.10 Å². The number of hydrogen-bond acceptors (Lipinski definition) is 3. The van der Waals surface area contributed by atoms with Crippen LogP contribution >= 0.6 is 0 Å². The minimum absolute atomic E-state index is 0.228. The lowest BCUT2D eigenvalue weighted by Gasteiger charge is -2.10. The van der Waals surface area contributed by atoms with Gasteiger partial charge in [0, 0.05) is 18.6 Å². The standard InChI is InChI=1S/C17H21N3O/c1-13(17-10-15-7-3-4-8-16(15)21-17)18-9-5-6-14-11-19-20(2)12-14/h3-4,7-8,10-13,18H,5-6,9H2,1-2H3/t13-/m0/s1. The molecule has 0 aliphatic rings. The van der Waals surface area contributed by atoms with Crippen molar-refractivity contribution in [2.45, 2.75) is 25.8 Å². The van der Waals surface area contributed by atoms with Crippen LogP contribution in [-0.4, -0.2) is 16.3 Å². The fraction of sp³-hybridized carbons (Fsp3) is 0.353. The highest BCUT2D eigenvalue weighted by atomic mass is 16.3. The highest BCUT2D eigenvalue weighted by molar-refractivity contribution is 5.77. The molecule has 2 heterocycles. The molecule has 1 N–H and O–H groups in total. The van der Waals surface area contributed by atoms with E-state index < -0.39 is 0 Å². The molecule has 4 nitrogen and oxygen atoms in total. The maximum atomic E-state index is 5.87. The number of benzene rings is 1. The van der Waals surface area contributed by atoms with E-state index in [0.29, 0.717) is 0 Å². The molecule has 1 atom stereocenters. The lowest BCUT2D eigenvalue weighted by Crippen LogP contribution is -2.19. The van der Waals surface area contributed by atoms with Gasteiger partial charge in [-0.25, -0.2) is 0 Å². The average Bonchev–Trinajstić information content (AvgIpc) is 3.09. The van der Waals surface area contributed by atoms with Gasteiger partial charge in [0.2, 0.25) is 0 Å². The molecule has 0 unspecified atom stereocenters. The SMILES string of the molecule is C[C@H](NCCCc1cnn(C)c1)c1cc2ccccc2o1. The fourth-order valence-corrected chi connectivity index (χ4v) is 2.53. The van der Waals surface area contributed by atoms with Crippen molar-refractivity contribution in [3.8, 4) is 0 Å². The van der Waals surface area contributed by atoms with E-state index in [9.17, 15) is 0 Å². The smallest absolute Gasteiger partial charge is 0.134 e. The Labute approximate surface area is 124 Å². The molecular formula is C17H21N3O. The summed E-state index contributed by atoms with van der Waals surface area (Å²) in [4.78, 5) is 0. The van der Waals surface area contributed by atoms with Crippen molar-refractivity contribution < 1.29 is 4.42 Å². The van der Waals surface area contributed by atoms with E-state index in [-0.39, 0.29) is 6.04 Å². The van der Waals surface area contributed by atoms with Crippen molar-refractivity contribution in [1.82, 2.24) is 15.1 Å². The van der Waals surface area contributed by atoms with Crippen LogP contribution in [-0.2, 0) is 13.5 Å².